The fourth-order valence-corrected chi connectivity index (χ4v) is 3.53. The van der Waals surface area contributed by atoms with Gasteiger partial charge in [0.05, 0.1) is 27.5 Å². The quantitative estimate of drug-likeness (QED) is 0.467. The van der Waals surface area contributed by atoms with Crippen LogP contribution >= 0.6 is 11.6 Å². The van der Waals surface area contributed by atoms with E-state index in [0.717, 1.165) is 5.56 Å². The smallest absolute Gasteiger partial charge is 0.252 e. The van der Waals surface area contributed by atoms with Crippen LogP contribution in [0.4, 0.5) is 11.4 Å². The number of halogens is 1. The highest BCUT2D eigenvalue weighted by molar-refractivity contribution is 7.78. The van der Waals surface area contributed by atoms with Crippen LogP contribution < -0.4 is 16.8 Å². The van der Waals surface area contributed by atoms with E-state index in [1.54, 1.807) is 12.1 Å². The standard InChI is InChI=1S/C18H17ClN4O3S/c19-15-6-11(9-27(25)26)5-13-16(14(18(21)24)8-22-17(13)15)23-12-3-1-2-10(4-12)7-20/h1-6,8H,7,9,20H2,(H2,21,24)(H,22,23)(H,25,26). The number of hydrogen-bond acceptors (Lipinski definition) is 5. The molecule has 0 saturated heterocycles. The summed E-state index contributed by atoms with van der Waals surface area (Å²) < 4.78 is 20.4. The lowest BCUT2D eigenvalue weighted by Gasteiger charge is -2.15. The van der Waals surface area contributed by atoms with Gasteiger partial charge in [-0.25, -0.2) is 4.21 Å². The molecule has 0 radical (unpaired) electrons. The van der Waals surface area contributed by atoms with Crippen molar-refractivity contribution in [3.05, 3.63) is 64.3 Å². The molecule has 140 valence electrons. The average molecular weight is 405 g/mol. The summed E-state index contributed by atoms with van der Waals surface area (Å²) in [6.07, 6.45) is 1.36. The van der Waals surface area contributed by atoms with E-state index in [1.165, 1.54) is 6.20 Å². The number of carbonyl (C=O) groups is 1. The third-order valence-electron chi connectivity index (χ3n) is 3.97. The Hall–Kier alpha value is -2.52. The van der Waals surface area contributed by atoms with Gasteiger partial charge in [0.15, 0.2) is 11.1 Å². The van der Waals surface area contributed by atoms with Crippen LogP contribution in [0.1, 0.15) is 21.5 Å². The summed E-state index contributed by atoms with van der Waals surface area (Å²) >= 11 is 4.26. The molecule has 2 aromatic carbocycles. The minimum absolute atomic E-state index is 0.0987. The number of pyridine rings is 1. The summed E-state index contributed by atoms with van der Waals surface area (Å²) in [5.41, 5.74) is 14.4. The van der Waals surface area contributed by atoms with Gasteiger partial charge in [0.1, 0.15) is 0 Å². The Morgan fingerprint density at radius 3 is 2.70 bits per heavy atom. The number of aromatic nitrogens is 1. The first-order valence-electron chi connectivity index (χ1n) is 7.93. The zero-order chi connectivity index (χ0) is 19.6. The van der Waals surface area contributed by atoms with Crippen molar-refractivity contribution >= 4 is 50.9 Å². The van der Waals surface area contributed by atoms with Crippen LogP contribution in [0.5, 0.6) is 0 Å². The van der Waals surface area contributed by atoms with E-state index in [0.29, 0.717) is 39.4 Å². The molecule has 3 rings (SSSR count). The van der Waals surface area contributed by atoms with Crippen molar-refractivity contribution in [2.45, 2.75) is 12.3 Å². The average Bonchev–Trinajstić information content (AvgIpc) is 2.61. The second-order valence-corrected chi connectivity index (χ2v) is 7.22. The Kier molecular flexibility index (Phi) is 5.71. The van der Waals surface area contributed by atoms with E-state index < -0.39 is 17.0 Å². The molecule has 1 aromatic heterocycles. The summed E-state index contributed by atoms with van der Waals surface area (Å²) in [5.74, 6) is -0.757. The minimum atomic E-state index is -2.04. The molecule has 0 spiro atoms. The van der Waals surface area contributed by atoms with Gasteiger partial charge < -0.3 is 21.3 Å². The maximum atomic E-state index is 11.9. The van der Waals surface area contributed by atoms with Crippen LogP contribution in [0, 0.1) is 0 Å². The molecule has 0 fully saturated rings. The number of nitrogens with zero attached hydrogens (tertiary/aromatic N) is 1. The van der Waals surface area contributed by atoms with Crippen molar-refractivity contribution in [1.29, 1.82) is 0 Å². The van der Waals surface area contributed by atoms with E-state index in [4.69, 9.17) is 23.1 Å². The Labute approximate surface area is 163 Å². The second kappa shape index (κ2) is 8.01. The summed E-state index contributed by atoms with van der Waals surface area (Å²) in [7, 11) is 0. The first kappa shape index (κ1) is 19.2. The number of nitrogens with one attached hydrogen (secondary N) is 1. The van der Waals surface area contributed by atoms with Crippen molar-refractivity contribution in [1.82, 2.24) is 4.98 Å². The van der Waals surface area contributed by atoms with Crippen LogP contribution in [0.15, 0.2) is 42.6 Å². The molecule has 0 aliphatic carbocycles. The van der Waals surface area contributed by atoms with Gasteiger partial charge in [0, 0.05) is 23.8 Å². The number of carbonyl (C=O) groups excluding carboxylic acids is 1. The van der Waals surface area contributed by atoms with Crippen LogP contribution in [0.25, 0.3) is 10.9 Å². The van der Waals surface area contributed by atoms with Gasteiger partial charge in [-0.05, 0) is 35.4 Å². The number of amides is 1. The Morgan fingerprint density at radius 2 is 2.04 bits per heavy atom. The first-order chi connectivity index (χ1) is 12.9. The number of nitrogens with two attached hydrogens (primary N) is 2. The summed E-state index contributed by atoms with van der Waals surface area (Å²) in [5, 5.41) is 4.02. The molecule has 0 aliphatic rings. The van der Waals surface area contributed by atoms with E-state index in [2.05, 4.69) is 10.3 Å². The SMILES string of the molecule is NCc1cccc(Nc2c(C(N)=O)cnc3c(Cl)cc(CS(=O)O)cc23)c1. The molecule has 1 atom stereocenters. The lowest BCUT2D eigenvalue weighted by atomic mass is 10.1. The van der Waals surface area contributed by atoms with E-state index >= 15 is 0 Å². The van der Waals surface area contributed by atoms with Crippen LogP contribution in [-0.4, -0.2) is 19.7 Å². The zero-order valence-corrected chi connectivity index (χ0v) is 15.7. The predicted molar refractivity (Wildman–Crippen MR) is 107 cm³/mol. The molecule has 3 aromatic rings. The topological polar surface area (TPSA) is 131 Å². The largest absolute Gasteiger partial charge is 0.365 e. The highest BCUT2D eigenvalue weighted by Crippen LogP contribution is 2.34. The number of anilines is 2. The van der Waals surface area contributed by atoms with Gasteiger partial charge in [-0.15, -0.1) is 0 Å². The molecule has 7 nitrogen and oxygen atoms in total. The predicted octanol–water partition coefficient (Wildman–Crippen LogP) is 2.91. The van der Waals surface area contributed by atoms with Gasteiger partial charge in [-0.3, -0.25) is 9.78 Å². The van der Waals surface area contributed by atoms with E-state index in [9.17, 15) is 13.6 Å². The van der Waals surface area contributed by atoms with Gasteiger partial charge in [-0.2, -0.15) is 0 Å². The molecule has 9 heteroatoms. The first-order valence-corrected chi connectivity index (χ1v) is 9.59. The highest BCUT2D eigenvalue weighted by Gasteiger charge is 2.17. The number of rotatable bonds is 6. The van der Waals surface area contributed by atoms with Crippen molar-refractivity contribution in [3.63, 3.8) is 0 Å². The maximum Gasteiger partial charge on any atom is 0.252 e. The number of primary amides is 1. The van der Waals surface area contributed by atoms with Crippen LogP contribution in [-0.2, 0) is 23.4 Å². The molecule has 0 saturated carbocycles. The van der Waals surface area contributed by atoms with Crippen LogP contribution in [0.2, 0.25) is 5.02 Å². The summed E-state index contributed by atoms with van der Waals surface area (Å²) in [6.45, 7) is 0.369. The zero-order valence-electron chi connectivity index (χ0n) is 14.1. The molecular formula is C18H17ClN4O3S. The third kappa shape index (κ3) is 4.25. The number of fused-ring (bicyclic) bond motifs is 1. The molecule has 0 aliphatic heterocycles. The molecule has 1 unspecified atom stereocenters. The van der Waals surface area contributed by atoms with Gasteiger partial charge in [0.25, 0.3) is 5.91 Å². The van der Waals surface area contributed by atoms with Crippen molar-refractivity contribution in [2.24, 2.45) is 11.5 Å². The fraction of sp³-hybridized carbons (Fsp3) is 0.111. The minimum Gasteiger partial charge on any atom is -0.365 e. The highest BCUT2D eigenvalue weighted by atomic mass is 35.5. The lowest BCUT2D eigenvalue weighted by molar-refractivity contribution is 0.100. The van der Waals surface area contributed by atoms with Gasteiger partial charge >= 0.3 is 0 Å². The van der Waals surface area contributed by atoms with Crippen molar-refractivity contribution in [2.75, 3.05) is 5.32 Å². The fourth-order valence-electron chi connectivity index (χ4n) is 2.78. The Morgan fingerprint density at radius 1 is 1.26 bits per heavy atom. The monoisotopic (exact) mass is 404 g/mol. The normalized spacial score (nSPS) is 12.1. The van der Waals surface area contributed by atoms with Crippen LogP contribution in [0.3, 0.4) is 0 Å². The molecule has 6 N–H and O–H groups in total. The van der Waals surface area contributed by atoms with E-state index in [-0.39, 0.29) is 11.3 Å². The summed E-state index contributed by atoms with van der Waals surface area (Å²) in [6, 6.07) is 10.6. The second-order valence-electron chi connectivity index (χ2n) is 5.88. The molecule has 27 heavy (non-hydrogen) atoms. The lowest BCUT2D eigenvalue weighted by Crippen LogP contribution is -2.14. The summed E-state index contributed by atoms with van der Waals surface area (Å²) in [4.78, 5) is 16.2. The van der Waals surface area contributed by atoms with E-state index in [1.807, 2.05) is 24.3 Å². The number of benzene rings is 2. The van der Waals surface area contributed by atoms with Crippen molar-refractivity contribution in [3.8, 4) is 0 Å². The molecule has 1 heterocycles. The third-order valence-corrected chi connectivity index (χ3v) is 4.84. The Balaban J connectivity index is 2.22. The van der Waals surface area contributed by atoms with Gasteiger partial charge in [0.2, 0.25) is 0 Å². The maximum absolute atomic E-state index is 11.9. The number of hydrogen-bond donors (Lipinski definition) is 4. The molecule has 1 amide bonds. The van der Waals surface area contributed by atoms with Gasteiger partial charge in [-0.1, -0.05) is 23.7 Å². The van der Waals surface area contributed by atoms with Crippen molar-refractivity contribution < 1.29 is 13.6 Å². The Bertz CT molecular complexity index is 1060. The molecule has 0 bridgehead atoms. The molecular weight excluding hydrogens is 388 g/mol.